The number of phosphoric acid groups is 2. The number of unbranched alkanes of at least 4 members (excludes halogenated alkanes) is 8. The van der Waals surface area contributed by atoms with Crippen molar-refractivity contribution in [2.75, 3.05) is 13.2 Å². The van der Waals surface area contributed by atoms with Gasteiger partial charge in [0.1, 0.15) is 11.5 Å². The van der Waals surface area contributed by atoms with E-state index in [1.54, 1.807) is 0 Å². The van der Waals surface area contributed by atoms with E-state index in [0.717, 1.165) is 99.3 Å². The van der Waals surface area contributed by atoms with Crippen LogP contribution in [0.25, 0.3) is 0 Å². The van der Waals surface area contributed by atoms with Gasteiger partial charge in [-0.1, -0.05) is 138 Å². The number of hydrogen-bond acceptors (Lipinski definition) is 6. The monoisotopic (exact) mass is 922 g/mol. The van der Waals surface area contributed by atoms with Crippen LogP contribution in [0.4, 0.5) is 0 Å². The fourth-order valence-electron chi connectivity index (χ4n) is 14.7. The summed E-state index contributed by atoms with van der Waals surface area (Å²) in [6, 6.07) is 27.4. The second-order valence-corrected chi connectivity index (χ2v) is 23.5. The number of benzene rings is 5. The molecule has 10 atom stereocenters. The van der Waals surface area contributed by atoms with Gasteiger partial charge in [0.2, 0.25) is 0 Å². The molecule has 10 heteroatoms. The number of phosphoric ester groups is 2. The Morgan fingerprint density at radius 1 is 0.409 bits per heavy atom. The molecule has 0 saturated heterocycles. The molecule has 2 N–H and O–H groups in total. The highest BCUT2D eigenvalue weighted by atomic mass is 31.2. The molecule has 5 aromatic carbocycles. The van der Waals surface area contributed by atoms with Crippen LogP contribution in [0.2, 0.25) is 0 Å². The molecule has 8 aliphatic carbocycles. The lowest BCUT2D eigenvalue weighted by Gasteiger charge is -2.33. The molecule has 8 nitrogen and oxygen atoms in total. The van der Waals surface area contributed by atoms with Gasteiger partial charge in [-0.2, -0.15) is 0 Å². The molecule has 66 heavy (non-hydrogen) atoms. The number of rotatable bonds is 18. The molecule has 0 radical (unpaired) electrons. The van der Waals surface area contributed by atoms with Gasteiger partial charge in [-0.25, -0.2) is 9.13 Å². The lowest BCUT2D eigenvalue weighted by molar-refractivity contribution is 0.195. The topological polar surface area (TPSA) is 112 Å². The van der Waals surface area contributed by atoms with Crippen molar-refractivity contribution in [2.24, 2.45) is 0 Å². The van der Waals surface area contributed by atoms with Gasteiger partial charge in [-0.05, 0) is 105 Å². The van der Waals surface area contributed by atoms with Gasteiger partial charge < -0.3 is 9.05 Å². The average molecular weight is 923 g/mol. The Morgan fingerprint density at radius 3 is 0.985 bits per heavy atom. The largest absolute Gasteiger partial charge is 0.527 e. The molecule has 5 aromatic rings. The minimum absolute atomic E-state index is 0.128. The van der Waals surface area contributed by atoms with Gasteiger partial charge in [0.25, 0.3) is 0 Å². The zero-order valence-corrected chi connectivity index (χ0v) is 39.9. The zero-order chi connectivity index (χ0) is 44.6. The molecule has 0 spiro atoms. The molecule has 0 saturated carbocycles. The van der Waals surface area contributed by atoms with Crippen molar-refractivity contribution in [3.8, 4) is 11.5 Å². The molecule has 13 rings (SSSR count). The van der Waals surface area contributed by atoms with Crippen LogP contribution in [0.1, 0.15) is 240 Å². The Bertz CT molecular complexity index is 2590. The van der Waals surface area contributed by atoms with Gasteiger partial charge in [0.05, 0.1) is 13.2 Å². The molecule has 0 amide bonds. The van der Waals surface area contributed by atoms with Crippen molar-refractivity contribution < 1.29 is 37.0 Å². The summed E-state index contributed by atoms with van der Waals surface area (Å²) >= 11 is 0. The van der Waals surface area contributed by atoms with E-state index in [9.17, 15) is 18.9 Å². The molecule has 0 fully saturated rings. The Balaban J connectivity index is 0.953. The quantitative estimate of drug-likeness (QED) is 0.0660. The van der Waals surface area contributed by atoms with Crippen LogP contribution in [-0.4, -0.2) is 23.0 Å². The van der Waals surface area contributed by atoms with Gasteiger partial charge in [0, 0.05) is 69.6 Å². The van der Waals surface area contributed by atoms with Crippen molar-refractivity contribution in [3.63, 3.8) is 0 Å². The Labute approximate surface area is 388 Å². The van der Waals surface area contributed by atoms with E-state index in [1.807, 2.05) is 0 Å². The predicted octanol–water partition coefficient (Wildman–Crippen LogP) is 14.5. The van der Waals surface area contributed by atoms with Crippen LogP contribution in [0, 0.1) is 0 Å². The van der Waals surface area contributed by atoms with Gasteiger partial charge >= 0.3 is 15.6 Å². The molecule has 8 aliphatic rings. The summed E-state index contributed by atoms with van der Waals surface area (Å²) in [6.45, 7) is 4.60. The van der Waals surface area contributed by atoms with Gasteiger partial charge in [0.15, 0.2) is 0 Å². The summed E-state index contributed by atoms with van der Waals surface area (Å²) < 4.78 is 53.6. The maximum Gasteiger partial charge on any atom is 0.527 e. The summed E-state index contributed by atoms with van der Waals surface area (Å²) in [6.07, 6.45) is 13.3. The van der Waals surface area contributed by atoms with Crippen LogP contribution >= 0.6 is 15.6 Å². The Morgan fingerprint density at radius 2 is 0.682 bits per heavy atom. The van der Waals surface area contributed by atoms with Gasteiger partial charge in [-0.15, -0.1) is 0 Å². The molecule has 0 aliphatic heterocycles. The molecule has 8 bridgehead atoms. The molecule has 10 unspecified atom stereocenters. The highest BCUT2D eigenvalue weighted by Crippen LogP contribution is 2.73. The first-order valence-corrected chi connectivity index (χ1v) is 28.2. The van der Waals surface area contributed by atoms with Crippen molar-refractivity contribution in [2.45, 2.75) is 151 Å². The van der Waals surface area contributed by atoms with Crippen LogP contribution in [-0.2, 0) is 18.2 Å². The Hall–Kier alpha value is -4.00. The molecular weight excluding hydrogens is 863 g/mol. The van der Waals surface area contributed by atoms with E-state index >= 15 is 0 Å². The van der Waals surface area contributed by atoms with Crippen LogP contribution in [0.5, 0.6) is 11.5 Å². The van der Waals surface area contributed by atoms with E-state index < -0.39 is 15.6 Å². The van der Waals surface area contributed by atoms with E-state index in [0.29, 0.717) is 48.0 Å². The predicted molar refractivity (Wildman–Crippen MR) is 256 cm³/mol. The lowest BCUT2D eigenvalue weighted by atomic mass is 9.74. The maximum absolute atomic E-state index is 14.4. The van der Waals surface area contributed by atoms with Crippen LogP contribution in [0.3, 0.4) is 0 Å². The number of hydrogen-bond donors (Lipinski definition) is 2. The SMILES string of the molecule is CCCCCCCOP(=O)(O)Oc1c2c(c(OP(=O)(O)OCCCCCCC)c3c1C1CC3c3cc4c(cc31)C1CC4c3ccccc31)C1CC2c2cc3c(cc21)C1CC3c2ccccc21. The van der Waals surface area contributed by atoms with Crippen molar-refractivity contribution >= 4 is 15.6 Å². The summed E-state index contributed by atoms with van der Waals surface area (Å²) in [5.74, 6) is 1.61. The molecule has 0 heterocycles. The minimum Gasteiger partial charge on any atom is -0.403 e. The van der Waals surface area contributed by atoms with E-state index in [4.69, 9.17) is 18.1 Å². The van der Waals surface area contributed by atoms with Crippen LogP contribution < -0.4 is 9.05 Å². The number of fused-ring (bicyclic) bond motifs is 32. The highest BCUT2D eigenvalue weighted by molar-refractivity contribution is 7.48. The van der Waals surface area contributed by atoms with Crippen molar-refractivity contribution in [3.05, 3.63) is 162 Å². The van der Waals surface area contributed by atoms with Crippen molar-refractivity contribution in [1.29, 1.82) is 0 Å². The fourth-order valence-corrected chi connectivity index (χ4v) is 16.4. The minimum atomic E-state index is -4.62. The summed E-state index contributed by atoms with van der Waals surface area (Å²) in [5.41, 5.74) is 19.4. The van der Waals surface area contributed by atoms with Gasteiger partial charge in [-0.3, -0.25) is 18.8 Å². The second kappa shape index (κ2) is 15.8. The maximum atomic E-state index is 14.4. The second-order valence-electron chi connectivity index (χ2n) is 20.8. The Kier molecular flexibility index (Phi) is 10.1. The summed E-state index contributed by atoms with van der Waals surface area (Å²) in [4.78, 5) is 23.5. The normalized spacial score (nSPS) is 26.8. The third kappa shape index (κ3) is 6.31. The van der Waals surface area contributed by atoms with Crippen molar-refractivity contribution in [1.82, 2.24) is 0 Å². The smallest absolute Gasteiger partial charge is 0.403 e. The first-order valence-electron chi connectivity index (χ1n) is 25.2. The van der Waals surface area contributed by atoms with E-state index in [2.05, 4.69) is 86.6 Å². The molecule has 342 valence electrons. The average Bonchev–Trinajstić information content (AvgIpc) is 4.20. The van der Waals surface area contributed by atoms with Crippen LogP contribution in [0.15, 0.2) is 72.8 Å². The third-order valence-corrected chi connectivity index (χ3v) is 19.2. The fraction of sp³-hybridized carbons (Fsp3) is 0.464. The van der Waals surface area contributed by atoms with E-state index in [1.165, 1.54) is 66.8 Å². The summed E-state index contributed by atoms with van der Waals surface area (Å²) in [7, 11) is -9.24. The zero-order valence-electron chi connectivity index (χ0n) is 38.1. The first kappa shape index (κ1) is 42.1. The highest BCUT2D eigenvalue weighted by Gasteiger charge is 2.56. The molecular formula is C56H60O8P2. The first-order chi connectivity index (χ1) is 32.1. The van der Waals surface area contributed by atoms with E-state index in [-0.39, 0.29) is 36.9 Å². The standard InChI is InChI=1S/C56H60O8P2/c1-3-5-7-9-15-21-61-65(57,58)63-55-51-47-29-49(45-27-41-37-23-35(39(41)25-43(45)47)31-17-11-13-19-33(31)37)53(51)56(64-66(59,60)62-22-16-10-8-6-4-2)54-50-30-48(52(54)55)44-26-40-36-24-38(42(40)28-46(44)50)34-20-14-12-18-32(34)36/h11-14,17-20,25-28,35-38,47-50H,3-10,15-16,21-24,29-30H2,1-2H3,(H,57,58)(H,59,60). The molecule has 0 aromatic heterocycles. The third-order valence-electron chi connectivity index (χ3n) is 17.3. The summed E-state index contributed by atoms with van der Waals surface area (Å²) in [5, 5.41) is 0. The lowest BCUT2D eigenvalue weighted by Crippen LogP contribution is -2.17.